The third-order valence-electron chi connectivity index (χ3n) is 3.84. The molecule has 6 nitrogen and oxygen atoms in total. The van der Waals surface area contributed by atoms with Crippen molar-refractivity contribution in [3.63, 3.8) is 0 Å². The average Bonchev–Trinajstić information content (AvgIpc) is 2.57. The summed E-state index contributed by atoms with van der Waals surface area (Å²) in [6.07, 6.45) is 3.60. The van der Waals surface area contributed by atoms with Gasteiger partial charge in [0.15, 0.2) is 0 Å². The second kappa shape index (κ2) is 6.79. The SMILES string of the molecule is Cc1cnc(C(=O)Nc2ccc(F)c(C3(C)N=C(N)CCS3)c2)cn1. The number of thioether (sulfide) groups is 1. The van der Waals surface area contributed by atoms with Crippen LogP contribution < -0.4 is 11.1 Å². The first kappa shape index (κ1) is 17.3. The predicted octanol–water partition coefficient (Wildman–Crippen LogP) is 2.84. The molecule has 0 saturated carbocycles. The molecule has 1 aliphatic rings. The minimum absolute atomic E-state index is 0.192. The number of anilines is 1. The summed E-state index contributed by atoms with van der Waals surface area (Å²) in [7, 11) is 0. The Kier molecular flexibility index (Phi) is 4.71. The van der Waals surface area contributed by atoms with Crippen LogP contribution in [0.5, 0.6) is 0 Å². The van der Waals surface area contributed by atoms with Crippen molar-refractivity contribution < 1.29 is 9.18 Å². The summed E-state index contributed by atoms with van der Waals surface area (Å²) in [6, 6.07) is 4.41. The summed E-state index contributed by atoms with van der Waals surface area (Å²) in [4.78, 5) is 24.0. The van der Waals surface area contributed by atoms with E-state index >= 15 is 0 Å². The number of aromatic nitrogens is 2. The summed E-state index contributed by atoms with van der Waals surface area (Å²) >= 11 is 1.52. The molecule has 0 radical (unpaired) electrons. The molecule has 3 N–H and O–H groups in total. The van der Waals surface area contributed by atoms with Gasteiger partial charge in [-0.15, -0.1) is 11.8 Å². The maximum Gasteiger partial charge on any atom is 0.275 e. The molecule has 0 saturated heterocycles. The molecule has 2 aromatic rings. The summed E-state index contributed by atoms with van der Waals surface area (Å²) in [5.41, 5.74) is 7.59. The van der Waals surface area contributed by atoms with Crippen molar-refractivity contribution in [3.8, 4) is 0 Å². The molecular weight excluding hydrogens is 341 g/mol. The first-order valence-corrected chi connectivity index (χ1v) is 8.74. The third-order valence-corrected chi connectivity index (χ3v) is 5.12. The molecule has 3 rings (SSSR count). The fraction of sp³-hybridized carbons (Fsp3) is 0.294. The van der Waals surface area contributed by atoms with Gasteiger partial charge in [0.1, 0.15) is 16.4 Å². The van der Waals surface area contributed by atoms with Gasteiger partial charge >= 0.3 is 0 Å². The largest absolute Gasteiger partial charge is 0.387 e. The molecule has 1 unspecified atom stereocenters. The van der Waals surface area contributed by atoms with Gasteiger partial charge < -0.3 is 11.1 Å². The van der Waals surface area contributed by atoms with Crippen LogP contribution in [0.25, 0.3) is 0 Å². The molecule has 2 heterocycles. The fourth-order valence-electron chi connectivity index (χ4n) is 2.52. The van der Waals surface area contributed by atoms with Crippen molar-refractivity contribution in [1.29, 1.82) is 0 Å². The lowest BCUT2D eigenvalue weighted by Crippen LogP contribution is -2.28. The number of halogens is 1. The van der Waals surface area contributed by atoms with Crippen LogP contribution in [0.3, 0.4) is 0 Å². The zero-order valence-corrected chi connectivity index (χ0v) is 14.7. The molecule has 1 amide bonds. The Morgan fingerprint density at radius 3 is 2.84 bits per heavy atom. The molecular formula is C17H18FN5OS. The molecule has 1 aliphatic heterocycles. The van der Waals surface area contributed by atoms with Crippen molar-refractivity contribution in [2.45, 2.75) is 25.1 Å². The molecule has 25 heavy (non-hydrogen) atoms. The molecule has 130 valence electrons. The van der Waals surface area contributed by atoms with Gasteiger partial charge in [0.05, 0.1) is 17.7 Å². The lowest BCUT2D eigenvalue weighted by molar-refractivity contribution is 0.102. The minimum atomic E-state index is -0.809. The highest BCUT2D eigenvalue weighted by Crippen LogP contribution is 2.42. The number of carbonyl (C=O) groups is 1. The maximum atomic E-state index is 14.4. The molecule has 1 aromatic heterocycles. The van der Waals surface area contributed by atoms with E-state index in [-0.39, 0.29) is 11.5 Å². The van der Waals surface area contributed by atoms with E-state index in [4.69, 9.17) is 5.73 Å². The van der Waals surface area contributed by atoms with Crippen LogP contribution in [0.4, 0.5) is 10.1 Å². The van der Waals surface area contributed by atoms with Gasteiger partial charge in [-0.25, -0.2) is 9.37 Å². The Bertz CT molecular complexity index is 839. The summed E-state index contributed by atoms with van der Waals surface area (Å²) < 4.78 is 14.4. The second-order valence-electron chi connectivity index (χ2n) is 5.88. The minimum Gasteiger partial charge on any atom is -0.387 e. The fourth-order valence-corrected chi connectivity index (χ4v) is 3.72. The van der Waals surface area contributed by atoms with E-state index in [1.807, 2.05) is 6.92 Å². The number of amidine groups is 1. The van der Waals surface area contributed by atoms with E-state index in [1.165, 1.54) is 36.3 Å². The lowest BCUT2D eigenvalue weighted by atomic mass is 10.1. The number of nitrogens with one attached hydrogen (secondary N) is 1. The Hall–Kier alpha value is -2.48. The summed E-state index contributed by atoms with van der Waals surface area (Å²) in [6.45, 7) is 3.61. The molecule has 0 spiro atoms. The van der Waals surface area contributed by atoms with E-state index in [0.717, 1.165) is 11.4 Å². The summed E-state index contributed by atoms with van der Waals surface area (Å²) in [5.74, 6) is 0.474. The van der Waals surface area contributed by atoms with Gasteiger partial charge in [-0.3, -0.25) is 14.8 Å². The highest BCUT2D eigenvalue weighted by molar-refractivity contribution is 8.00. The number of carbonyl (C=O) groups excluding carboxylic acids is 1. The van der Waals surface area contributed by atoms with Gasteiger partial charge in [0, 0.05) is 29.6 Å². The number of aryl methyl sites for hydroxylation is 1. The van der Waals surface area contributed by atoms with Gasteiger partial charge in [-0.1, -0.05) is 0 Å². The van der Waals surface area contributed by atoms with E-state index in [2.05, 4.69) is 20.3 Å². The Morgan fingerprint density at radius 2 is 2.16 bits per heavy atom. The highest BCUT2D eigenvalue weighted by atomic mass is 32.2. The lowest BCUT2D eigenvalue weighted by Gasteiger charge is -2.30. The molecule has 0 bridgehead atoms. The Balaban J connectivity index is 1.88. The molecule has 1 aromatic carbocycles. The first-order valence-electron chi connectivity index (χ1n) is 7.75. The van der Waals surface area contributed by atoms with E-state index in [9.17, 15) is 9.18 Å². The number of nitrogens with zero attached hydrogens (tertiary/aromatic N) is 3. The van der Waals surface area contributed by atoms with Crippen molar-refractivity contribution in [2.75, 3.05) is 11.1 Å². The molecule has 0 fully saturated rings. The predicted molar refractivity (Wildman–Crippen MR) is 97.2 cm³/mol. The van der Waals surface area contributed by atoms with Crippen molar-refractivity contribution >= 4 is 29.2 Å². The smallest absolute Gasteiger partial charge is 0.275 e. The van der Waals surface area contributed by atoms with Crippen LogP contribution in [0.1, 0.15) is 35.1 Å². The van der Waals surface area contributed by atoms with Crippen molar-refractivity contribution in [2.24, 2.45) is 10.7 Å². The van der Waals surface area contributed by atoms with Gasteiger partial charge in [-0.05, 0) is 32.0 Å². The van der Waals surface area contributed by atoms with E-state index < -0.39 is 10.8 Å². The van der Waals surface area contributed by atoms with Crippen molar-refractivity contribution in [3.05, 3.63) is 53.4 Å². The van der Waals surface area contributed by atoms with Gasteiger partial charge in [0.25, 0.3) is 5.91 Å². The van der Waals surface area contributed by atoms with Gasteiger partial charge in [-0.2, -0.15) is 0 Å². The van der Waals surface area contributed by atoms with Crippen LogP contribution in [0.15, 0.2) is 35.6 Å². The maximum absolute atomic E-state index is 14.4. The summed E-state index contributed by atoms with van der Waals surface area (Å²) in [5, 5.41) is 2.72. The topological polar surface area (TPSA) is 93.3 Å². The first-order chi connectivity index (χ1) is 11.9. The number of amides is 1. The highest BCUT2D eigenvalue weighted by Gasteiger charge is 2.32. The van der Waals surface area contributed by atoms with Crippen LogP contribution in [0, 0.1) is 12.7 Å². The zero-order chi connectivity index (χ0) is 18.0. The zero-order valence-electron chi connectivity index (χ0n) is 13.9. The van der Waals surface area contributed by atoms with Crippen molar-refractivity contribution in [1.82, 2.24) is 9.97 Å². The Labute approximate surface area is 149 Å². The van der Waals surface area contributed by atoms with E-state index in [1.54, 1.807) is 13.0 Å². The number of benzene rings is 1. The van der Waals surface area contributed by atoms with Crippen LogP contribution >= 0.6 is 11.8 Å². The van der Waals surface area contributed by atoms with Crippen LogP contribution in [-0.2, 0) is 4.87 Å². The third kappa shape index (κ3) is 3.79. The number of aliphatic imine (C=N–C) groups is 1. The molecule has 0 aliphatic carbocycles. The van der Waals surface area contributed by atoms with Gasteiger partial charge in [0.2, 0.25) is 0 Å². The van der Waals surface area contributed by atoms with Crippen LogP contribution in [-0.4, -0.2) is 27.5 Å². The number of nitrogens with two attached hydrogens (primary N) is 1. The number of rotatable bonds is 3. The monoisotopic (exact) mass is 359 g/mol. The molecule has 8 heteroatoms. The quantitative estimate of drug-likeness (QED) is 0.879. The number of hydrogen-bond acceptors (Lipinski definition) is 6. The number of hydrogen-bond donors (Lipinski definition) is 2. The van der Waals surface area contributed by atoms with E-state index in [0.29, 0.717) is 23.5 Å². The van der Waals surface area contributed by atoms with Crippen LogP contribution in [0.2, 0.25) is 0 Å². The Morgan fingerprint density at radius 1 is 1.36 bits per heavy atom. The standard InChI is InChI=1S/C17H18FN5OS/c1-10-8-21-14(9-20-10)16(24)22-11-3-4-13(18)12(7-11)17(2)23-15(19)5-6-25-17/h3-4,7-9H,5-6H2,1-2H3,(H2,19,23)(H,22,24). The normalized spacial score (nSPS) is 20.0. The average molecular weight is 359 g/mol. The second-order valence-corrected chi connectivity index (χ2v) is 7.37. The molecule has 1 atom stereocenters.